The minimum absolute atomic E-state index is 0.0923. The Morgan fingerprint density at radius 2 is 1.77 bits per heavy atom. The van der Waals surface area contributed by atoms with E-state index in [0.29, 0.717) is 5.96 Å². The van der Waals surface area contributed by atoms with Gasteiger partial charge >= 0.3 is 0 Å². The van der Waals surface area contributed by atoms with Crippen LogP contribution >= 0.6 is 0 Å². The molecule has 0 heterocycles. The Morgan fingerprint density at radius 1 is 0.962 bits per heavy atom. The summed E-state index contributed by atoms with van der Waals surface area (Å²) in [6, 6.07) is 18.8. The highest BCUT2D eigenvalue weighted by Gasteiger charge is 2.15. The highest BCUT2D eigenvalue weighted by Crippen LogP contribution is 2.37. The van der Waals surface area contributed by atoms with E-state index in [1.165, 1.54) is 21.9 Å². The molecular formula is C23H23N3. The second-order valence-electron chi connectivity index (χ2n) is 7.73. The van der Waals surface area contributed by atoms with Crippen LogP contribution in [0.25, 0.3) is 22.9 Å². The standard InChI is InChI=1S/C23H23N3/c1-23(2,3)17-8-5-9-18(14-17)25-22(24)26-20-13-11-16-7-4-6-15-10-12-19(20)21(15)16/h4-14H,1-3H3,(H3,24,25,26). The fourth-order valence-corrected chi connectivity index (χ4v) is 3.37. The molecule has 0 saturated carbocycles. The summed E-state index contributed by atoms with van der Waals surface area (Å²) in [5, 5.41) is 5.70. The van der Waals surface area contributed by atoms with Crippen LogP contribution in [0.1, 0.15) is 37.5 Å². The Bertz CT molecular complexity index is 1050. The van der Waals surface area contributed by atoms with E-state index < -0.39 is 0 Å². The fraction of sp³-hybridized carbons (Fsp3) is 0.174. The van der Waals surface area contributed by atoms with Crippen molar-refractivity contribution in [3.05, 3.63) is 71.3 Å². The lowest BCUT2D eigenvalue weighted by Gasteiger charge is -2.20. The fourth-order valence-electron chi connectivity index (χ4n) is 3.37. The molecule has 0 spiro atoms. The summed E-state index contributed by atoms with van der Waals surface area (Å²) in [5.41, 5.74) is 11.7. The van der Waals surface area contributed by atoms with Gasteiger partial charge in [-0.3, -0.25) is 0 Å². The van der Waals surface area contributed by atoms with Gasteiger partial charge < -0.3 is 11.1 Å². The molecule has 0 aromatic heterocycles. The number of aliphatic imine (C=N–C) groups is 1. The predicted octanol–water partition coefficient (Wildman–Crippen LogP) is 5.68. The zero-order valence-corrected chi connectivity index (χ0v) is 15.4. The number of nitrogens with one attached hydrogen (secondary N) is 1. The second kappa shape index (κ2) is 6.03. The van der Waals surface area contributed by atoms with Crippen LogP contribution in [0.15, 0.2) is 59.6 Å². The highest BCUT2D eigenvalue weighted by atomic mass is 15.1. The summed E-state index contributed by atoms with van der Waals surface area (Å²) in [7, 11) is 0. The molecular weight excluding hydrogens is 318 g/mol. The van der Waals surface area contributed by atoms with E-state index in [-0.39, 0.29) is 5.41 Å². The van der Waals surface area contributed by atoms with Crippen molar-refractivity contribution in [3.8, 4) is 0 Å². The molecule has 0 aliphatic heterocycles. The topological polar surface area (TPSA) is 50.4 Å². The van der Waals surface area contributed by atoms with Crippen molar-refractivity contribution in [2.24, 2.45) is 10.7 Å². The van der Waals surface area contributed by atoms with E-state index in [1.54, 1.807) is 0 Å². The first-order valence-corrected chi connectivity index (χ1v) is 8.87. The molecule has 26 heavy (non-hydrogen) atoms. The van der Waals surface area contributed by atoms with Crippen LogP contribution in [0.4, 0.5) is 11.4 Å². The van der Waals surface area contributed by atoms with Crippen LogP contribution in [-0.4, -0.2) is 5.96 Å². The smallest absolute Gasteiger partial charge is 0.198 e. The first kappa shape index (κ1) is 16.4. The average Bonchev–Trinajstić information content (AvgIpc) is 3.03. The third kappa shape index (κ3) is 2.97. The van der Waals surface area contributed by atoms with Gasteiger partial charge in [0.05, 0.1) is 5.69 Å². The summed E-state index contributed by atoms with van der Waals surface area (Å²) in [6.07, 6.45) is 4.25. The van der Waals surface area contributed by atoms with Crippen molar-refractivity contribution in [1.82, 2.24) is 0 Å². The number of hydrogen-bond donors (Lipinski definition) is 2. The predicted molar refractivity (Wildman–Crippen MR) is 113 cm³/mol. The third-order valence-electron chi connectivity index (χ3n) is 4.77. The molecule has 3 aromatic carbocycles. The summed E-state index contributed by atoms with van der Waals surface area (Å²) in [5.74, 6) is 0.393. The Morgan fingerprint density at radius 3 is 2.58 bits per heavy atom. The maximum Gasteiger partial charge on any atom is 0.198 e. The molecule has 130 valence electrons. The maximum absolute atomic E-state index is 6.20. The Labute approximate surface area is 154 Å². The largest absolute Gasteiger partial charge is 0.369 e. The Kier molecular flexibility index (Phi) is 3.80. The van der Waals surface area contributed by atoms with Crippen molar-refractivity contribution in [1.29, 1.82) is 0 Å². The molecule has 4 rings (SSSR count). The summed E-state index contributed by atoms with van der Waals surface area (Å²) in [4.78, 5) is 4.63. The monoisotopic (exact) mass is 341 g/mol. The van der Waals surface area contributed by atoms with Crippen LogP contribution in [0.5, 0.6) is 0 Å². The van der Waals surface area contributed by atoms with Gasteiger partial charge in [-0.1, -0.05) is 69.3 Å². The molecule has 1 aliphatic carbocycles. The molecule has 0 fully saturated rings. The minimum atomic E-state index is 0.0923. The van der Waals surface area contributed by atoms with E-state index in [9.17, 15) is 0 Å². The van der Waals surface area contributed by atoms with Gasteiger partial charge in [-0.15, -0.1) is 0 Å². The van der Waals surface area contributed by atoms with Gasteiger partial charge in [0.1, 0.15) is 0 Å². The zero-order valence-electron chi connectivity index (χ0n) is 15.4. The lowest BCUT2D eigenvalue weighted by molar-refractivity contribution is 0.590. The van der Waals surface area contributed by atoms with E-state index in [1.807, 2.05) is 18.2 Å². The van der Waals surface area contributed by atoms with Gasteiger partial charge in [-0.25, -0.2) is 4.99 Å². The summed E-state index contributed by atoms with van der Waals surface area (Å²) < 4.78 is 0. The quantitative estimate of drug-likeness (QED) is 0.364. The van der Waals surface area contributed by atoms with Gasteiger partial charge in [0.15, 0.2) is 5.96 Å². The molecule has 3 N–H and O–H groups in total. The Hall–Kier alpha value is -3.07. The number of anilines is 1. The lowest BCUT2D eigenvalue weighted by atomic mass is 9.87. The average molecular weight is 341 g/mol. The molecule has 0 radical (unpaired) electrons. The second-order valence-corrected chi connectivity index (χ2v) is 7.73. The van der Waals surface area contributed by atoms with Crippen LogP contribution in [0.2, 0.25) is 0 Å². The lowest BCUT2D eigenvalue weighted by Crippen LogP contribution is -2.22. The van der Waals surface area contributed by atoms with Crippen LogP contribution in [0.3, 0.4) is 0 Å². The molecule has 0 saturated heterocycles. The SMILES string of the molecule is CC(C)(C)c1cccc(NC(N)=Nc2ccc3cccc4c3c2C=C4)c1. The van der Waals surface area contributed by atoms with Crippen LogP contribution in [0, 0.1) is 0 Å². The summed E-state index contributed by atoms with van der Waals surface area (Å²) in [6.45, 7) is 6.60. The van der Waals surface area contributed by atoms with Gasteiger partial charge in [0.25, 0.3) is 0 Å². The molecule has 0 unspecified atom stereocenters. The number of guanidine groups is 1. The van der Waals surface area contributed by atoms with Crippen molar-refractivity contribution < 1.29 is 0 Å². The zero-order chi connectivity index (χ0) is 18.3. The van der Waals surface area contributed by atoms with E-state index in [2.05, 4.69) is 79.6 Å². The first-order valence-electron chi connectivity index (χ1n) is 8.87. The summed E-state index contributed by atoms with van der Waals surface area (Å²) >= 11 is 0. The normalized spacial score (nSPS) is 13.4. The van der Waals surface area contributed by atoms with Gasteiger partial charge in [0.2, 0.25) is 0 Å². The molecule has 0 amide bonds. The molecule has 3 aromatic rings. The van der Waals surface area contributed by atoms with E-state index in [4.69, 9.17) is 5.73 Å². The molecule has 0 atom stereocenters. The van der Waals surface area contributed by atoms with Crippen LogP contribution < -0.4 is 11.1 Å². The van der Waals surface area contributed by atoms with Crippen molar-refractivity contribution in [3.63, 3.8) is 0 Å². The van der Waals surface area contributed by atoms with Gasteiger partial charge in [-0.05, 0) is 45.5 Å². The number of nitrogens with zero attached hydrogens (tertiary/aromatic N) is 1. The molecule has 3 nitrogen and oxygen atoms in total. The Balaban J connectivity index is 1.66. The maximum atomic E-state index is 6.20. The minimum Gasteiger partial charge on any atom is -0.369 e. The highest BCUT2D eigenvalue weighted by molar-refractivity contribution is 6.08. The number of rotatable bonds is 2. The van der Waals surface area contributed by atoms with Gasteiger partial charge in [-0.2, -0.15) is 0 Å². The van der Waals surface area contributed by atoms with Gasteiger partial charge in [0, 0.05) is 11.3 Å². The number of hydrogen-bond acceptors (Lipinski definition) is 1. The van der Waals surface area contributed by atoms with Crippen molar-refractivity contribution >= 4 is 40.3 Å². The first-order chi connectivity index (χ1) is 12.4. The van der Waals surface area contributed by atoms with E-state index in [0.717, 1.165) is 16.9 Å². The number of nitrogens with two attached hydrogens (primary N) is 1. The molecule has 1 aliphatic rings. The number of benzene rings is 3. The van der Waals surface area contributed by atoms with Crippen molar-refractivity contribution in [2.75, 3.05) is 5.32 Å². The van der Waals surface area contributed by atoms with Crippen molar-refractivity contribution in [2.45, 2.75) is 26.2 Å². The molecule has 0 bridgehead atoms. The van der Waals surface area contributed by atoms with E-state index >= 15 is 0 Å². The molecule has 3 heteroatoms. The van der Waals surface area contributed by atoms with Crippen LogP contribution in [-0.2, 0) is 5.41 Å². The third-order valence-corrected chi connectivity index (χ3v) is 4.77.